The third-order valence-corrected chi connectivity index (χ3v) is 3.51. The number of nitrogens with zero attached hydrogens (tertiary/aromatic N) is 7. The standard InChI is InChI=1S/C15H26N8O2.HI/c1-6-16-15(22(4)9-12-18-10-19-23(12)5)17-8-13-20-14(21-25-13)11(3)24-7-2;/h10-11H,6-9H2,1-5H3,(H,16,17);1H. The summed E-state index contributed by atoms with van der Waals surface area (Å²) < 4.78 is 12.4. The highest BCUT2D eigenvalue weighted by Gasteiger charge is 2.14. The first-order valence-electron chi connectivity index (χ1n) is 8.31. The van der Waals surface area contributed by atoms with Crippen molar-refractivity contribution in [3.8, 4) is 0 Å². The van der Waals surface area contributed by atoms with E-state index in [0.717, 1.165) is 18.3 Å². The molecule has 11 heteroatoms. The molecule has 146 valence electrons. The van der Waals surface area contributed by atoms with Crippen molar-refractivity contribution in [1.82, 2.24) is 35.1 Å². The van der Waals surface area contributed by atoms with Gasteiger partial charge in [-0.15, -0.1) is 24.0 Å². The second-order valence-electron chi connectivity index (χ2n) is 5.47. The van der Waals surface area contributed by atoms with Gasteiger partial charge in [0.05, 0.1) is 6.54 Å². The van der Waals surface area contributed by atoms with Crippen LogP contribution in [0.3, 0.4) is 0 Å². The van der Waals surface area contributed by atoms with E-state index in [2.05, 4.69) is 30.5 Å². The van der Waals surface area contributed by atoms with Crippen LogP contribution in [-0.2, 0) is 24.9 Å². The predicted octanol–water partition coefficient (Wildman–Crippen LogP) is 1.51. The number of rotatable bonds is 8. The van der Waals surface area contributed by atoms with Gasteiger partial charge in [0.25, 0.3) is 0 Å². The summed E-state index contributed by atoms with van der Waals surface area (Å²) in [4.78, 5) is 15.1. The van der Waals surface area contributed by atoms with Crippen LogP contribution in [0.4, 0.5) is 0 Å². The van der Waals surface area contributed by atoms with Gasteiger partial charge in [-0.1, -0.05) is 5.16 Å². The Morgan fingerprint density at radius 2 is 2.23 bits per heavy atom. The molecule has 0 aromatic carbocycles. The second kappa shape index (κ2) is 11.1. The first kappa shape index (κ1) is 22.3. The number of aromatic nitrogens is 5. The molecule has 0 aliphatic rings. The first-order chi connectivity index (χ1) is 12.0. The highest BCUT2D eigenvalue weighted by Crippen LogP contribution is 2.13. The molecule has 0 amide bonds. The summed E-state index contributed by atoms with van der Waals surface area (Å²) in [6.07, 6.45) is 1.34. The second-order valence-corrected chi connectivity index (χ2v) is 5.47. The molecule has 0 spiro atoms. The zero-order chi connectivity index (χ0) is 18.2. The van der Waals surface area contributed by atoms with Crippen molar-refractivity contribution < 1.29 is 9.26 Å². The number of guanidine groups is 1. The molecule has 0 aliphatic heterocycles. The monoisotopic (exact) mass is 478 g/mol. The molecule has 2 heterocycles. The van der Waals surface area contributed by atoms with Crippen molar-refractivity contribution >= 4 is 29.9 Å². The number of nitrogens with one attached hydrogen (secondary N) is 1. The normalized spacial score (nSPS) is 12.6. The van der Waals surface area contributed by atoms with Gasteiger partial charge in [-0.25, -0.2) is 9.98 Å². The quantitative estimate of drug-likeness (QED) is 0.346. The molecular formula is C15H27IN8O2. The van der Waals surface area contributed by atoms with Crippen LogP contribution in [0.1, 0.15) is 44.4 Å². The number of halogens is 1. The summed E-state index contributed by atoms with van der Waals surface area (Å²) in [6, 6.07) is 0. The Bertz CT molecular complexity index is 687. The molecule has 0 aliphatic carbocycles. The Kier molecular flexibility index (Phi) is 9.48. The average Bonchev–Trinajstić information content (AvgIpc) is 3.21. The zero-order valence-electron chi connectivity index (χ0n) is 15.8. The Morgan fingerprint density at radius 3 is 2.85 bits per heavy atom. The third-order valence-electron chi connectivity index (χ3n) is 3.51. The lowest BCUT2D eigenvalue weighted by molar-refractivity contribution is 0.0683. The van der Waals surface area contributed by atoms with Gasteiger partial charge in [0.2, 0.25) is 5.89 Å². The van der Waals surface area contributed by atoms with Gasteiger partial charge < -0.3 is 19.5 Å². The fourth-order valence-electron chi connectivity index (χ4n) is 2.18. The molecule has 1 N–H and O–H groups in total. The number of hydrogen-bond acceptors (Lipinski definition) is 7. The number of hydrogen-bond donors (Lipinski definition) is 1. The molecule has 2 rings (SSSR count). The van der Waals surface area contributed by atoms with Gasteiger partial charge in [-0.2, -0.15) is 10.1 Å². The minimum Gasteiger partial charge on any atom is -0.371 e. The number of ether oxygens (including phenoxy) is 1. The number of aryl methyl sites for hydroxylation is 1. The first-order valence-corrected chi connectivity index (χ1v) is 8.31. The zero-order valence-corrected chi connectivity index (χ0v) is 18.2. The molecule has 1 atom stereocenters. The Balaban J connectivity index is 0.00000338. The van der Waals surface area contributed by atoms with Gasteiger partial charge >= 0.3 is 0 Å². The molecule has 10 nitrogen and oxygen atoms in total. The van der Waals surface area contributed by atoms with Crippen molar-refractivity contribution in [2.45, 2.75) is 40.0 Å². The van der Waals surface area contributed by atoms with Crippen LogP contribution >= 0.6 is 24.0 Å². The summed E-state index contributed by atoms with van der Waals surface area (Å²) in [5, 5.41) is 11.3. The van der Waals surface area contributed by atoms with E-state index < -0.39 is 0 Å². The van der Waals surface area contributed by atoms with Crippen molar-refractivity contribution in [2.75, 3.05) is 20.2 Å². The summed E-state index contributed by atoms with van der Waals surface area (Å²) in [7, 11) is 3.80. The highest BCUT2D eigenvalue weighted by atomic mass is 127. The Hall–Kier alpha value is -1.76. The van der Waals surface area contributed by atoms with Gasteiger partial charge in [0.1, 0.15) is 24.8 Å². The molecule has 0 saturated heterocycles. The van der Waals surface area contributed by atoms with Crippen molar-refractivity contribution in [2.24, 2.45) is 12.0 Å². The minimum absolute atomic E-state index is 0. The van der Waals surface area contributed by atoms with E-state index in [9.17, 15) is 0 Å². The van der Waals surface area contributed by atoms with Crippen LogP contribution in [-0.4, -0.2) is 56.0 Å². The molecule has 0 fully saturated rings. The molecule has 0 saturated carbocycles. The lowest BCUT2D eigenvalue weighted by Gasteiger charge is -2.21. The third kappa shape index (κ3) is 6.20. The lowest BCUT2D eigenvalue weighted by atomic mass is 10.4. The molecule has 0 radical (unpaired) electrons. The van der Waals surface area contributed by atoms with Crippen LogP contribution in [0.25, 0.3) is 0 Å². The lowest BCUT2D eigenvalue weighted by Crippen LogP contribution is -2.39. The van der Waals surface area contributed by atoms with Crippen LogP contribution in [0.15, 0.2) is 15.8 Å². The molecule has 2 aromatic heterocycles. The molecular weight excluding hydrogens is 451 g/mol. The highest BCUT2D eigenvalue weighted by molar-refractivity contribution is 14.0. The SMILES string of the molecule is CCNC(=NCc1nc(C(C)OCC)no1)N(C)Cc1ncnn1C.I. The average molecular weight is 478 g/mol. The van der Waals surface area contributed by atoms with Crippen molar-refractivity contribution in [1.29, 1.82) is 0 Å². The molecule has 2 aromatic rings. The Morgan fingerprint density at radius 1 is 1.46 bits per heavy atom. The van der Waals surface area contributed by atoms with Crippen LogP contribution in [0, 0.1) is 0 Å². The topological polar surface area (TPSA) is 106 Å². The summed E-state index contributed by atoms with van der Waals surface area (Å²) in [5.74, 6) is 2.55. The van der Waals surface area contributed by atoms with E-state index in [1.807, 2.05) is 39.8 Å². The largest absolute Gasteiger partial charge is 0.371 e. The molecule has 1 unspecified atom stereocenters. The summed E-state index contributed by atoms with van der Waals surface area (Å²) in [6.45, 7) is 8.05. The fourth-order valence-corrected chi connectivity index (χ4v) is 2.18. The van der Waals surface area contributed by atoms with E-state index >= 15 is 0 Å². The summed E-state index contributed by atoms with van der Waals surface area (Å²) in [5.41, 5.74) is 0. The van der Waals surface area contributed by atoms with Gasteiger partial charge in [0.15, 0.2) is 11.8 Å². The van der Waals surface area contributed by atoms with Crippen LogP contribution < -0.4 is 5.32 Å². The van der Waals surface area contributed by atoms with Gasteiger partial charge in [-0.3, -0.25) is 4.68 Å². The molecule has 26 heavy (non-hydrogen) atoms. The number of aliphatic imine (C=N–C) groups is 1. The smallest absolute Gasteiger partial charge is 0.248 e. The van der Waals surface area contributed by atoms with E-state index in [0.29, 0.717) is 24.9 Å². The van der Waals surface area contributed by atoms with E-state index in [4.69, 9.17) is 9.26 Å². The summed E-state index contributed by atoms with van der Waals surface area (Å²) >= 11 is 0. The van der Waals surface area contributed by atoms with E-state index in [1.165, 1.54) is 6.33 Å². The maximum atomic E-state index is 5.46. The molecule has 0 bridgehead atoms. The maximum Gasteiger partial charge on any atom is 0.248 e. The van der Waals surface area contributed by atoms with E-state index in [1.54, 1.807) is 4.68 Å². The van der Waals surface area contributed by atoms with Gasteiger partial charge in [-0.05, 0) is 20.8 Å². The van der Waals surface area contributed by atoms with Crippen LogP contribution in [0.5, 0.6) is 0 Å². The fraction of sp³-hybridized carbons (Fsp3) is 0.667. The Labute approximate surface area is 170 Å². The van der Waals surface area contributed by atoms with Gasteiger partial charge in [0, 0.05) is 27.2 Å². The predicted molar refractivity (Wildman–Crippen MR) is 107 cm³/mol. The van der Waals surface area contributed by atoms with E-state index in [-0.39, 0.29) is 36.6 Å². The minimum atomic E-state index is -0.196. The van der Waals surface area contributed by atoms with Crippen molar-refractivity contribution in [3.05, 3.63) is 23.9 Å². The van der Waals surface area contributed by atoms with Crippen LogP contribution in [0.2, 0.25) is 0 Å². The maximum absolute atomic E-state index is 5.46. The van der Waals surface area contributed by atoms with Crippen molar-refractivity contribution in [3.63, 3.8) is 0 Å².